The SMILES string of the molecule is c1ccc(-c2ccc3c(c2)c2cc(-c4ccc5c(c4)c4cc(-c6ccccc6)ccc4n5-c4ccc5c(c4)c4cc(-c6ccccc6)ccc4n5-c4ccccc4)ccc2n3-c2ccc3c(c2)c2cc(-c4ccccc4)ccc2n3-c2ccccc2)cc1. The standard InChI is InChI=1S/C84H54N4/c1-7-19-55(20-8-1)59-33-41-79-69(47-59)71-51-63(35-43-81(71)87(79)67-37-45-83-75(53-67)73-49-61(57-23-11-3-12-24-57)31-39-77(73)85(83)65-27-15-5-16-28-65)64-36-44-82-72(52-64)70-48-60(56-21-9-2-10-22-56)34-42-80(70)88(82)68-38-46-84-76(54-68)74-50-62(58-25-13-4-14-26-58)32-40-78(74)86(84)66-29-17-6-18-30-66/h1-54H. The summed E-state index contributed by atoms with van der Waals surface area (Å²) in [4.78, 5) is 0. The van der Waals surface area contributed by atoms with Crippen LogP contribution in [-0.4, -0.2) is 18.3 Å². The van der Waals surface area contributed by atoms with Gasteiger partial charge in [0.1, 0.15) is 0 Å². The molecule has 0 radical (unpaired) electrons. The number of nitrogens with zero attached hydrogens (tertiary/aromatic N) is 4. The molecule has 0 fully saturated rings. The summed E-state index contributed by atoms with van der Waals surface area (Å²) in [7, 11) is 0. The Morgan fingerprint density at radius 1 is 0.125 bits per heavy atom. The van der Waals surface area contributed by atoms with Crippen LogP contribution in [0.25, 0.3) is 166 Å². The number of benzene rings is 14. The molecule has 0 unspecified atom stereocenters. The molecule has 18 rings (SSSR count). The maximum atomic E-state index is 2.48. The maximum Gasteiger partial charge on any atom is 0.0542 e. The topological polar surface area (TPSA) is 19.7 Å². The Balaban J connectivity index is 0.833. The van der Waals surface area contributed by atoms with Gasteiger partial charge < -0.3 is 18.3 Å². The van der Waals surface area contributed by atoms with E-state index >= 15 is 0 Å². The van der Waals surface area contributed by atoms with Crippen molar-refractivity contribution in [3.8, 4) is 78.4 Å². The van der Waals surface area contributed by atoms with E-state index in [1.165, 1.54) is 110 Å². The van der Waals surface area contributed by atoms with Crippen LogP contribution in [-0.2, 0) is 0 Å². The summed E-state index contributed by atoms with van der Waals surface area (Å²) in [5.74, 6) is 0. The van der Waals surface area contributed by atoms with Crippen LogP contribution < -0.4 is 0 Å². The van der Waals surface area contributed by atoms with Gasteiger partial charge in [0, 0.05) is 65.8 Å². The van der Waals surface area contributed by atoms with Crippen LogP contribution in [0.2, 0.25) is 0 Å². The number of rotatable bonds is 9. The third kappa shape index (κ3) is 7.93. The Labute approximate surface area is 508 Å². The second-order valence-electron chi connectivity index (χ2n) is 23.3. The van der Waals surface area contributed by atoms with E-state index in [1.54, 1.807) is 0 Å². The molecule has 4 heterocycles. The van der Waals surface area contributed by atoms with E-state index < -0.39 is 0 Å². The summed E-state index contributed by atoms with van der Waals surface area (Å²) in [5.41, 5.74) is 25.8. The zero-order chi connectivity index (χ0) is 57.8. The molecule has 410 valence electrons. The van der Waals surface area contributed by atoms with E-state index in [2.05, 4.69) is 346 Å². The summed E-state index contributed by atoms with van der Waals surface area (Å²) in [6, 6.07) is 121. The molecule has 0 N–H and O–H groups in total. The lowest BCUT2D eigenvalue weighted by Gasteiger charge is -2.11. The number of aromatic nitrogens is 4. The monoisotopic (exact) mass is 1120 g/mol. The molecular formula is C84H54N4. The zero-order valence-corrected chi connectivity index (χ0v) is 48.0. The summed E-state index contributed by atoms with van der Waals surface area (Å²) >= 11 is 0. The van der Waals surface area contributed by atoms with Gasteiger partial charge in [0.25, 0.3) is 0 Å². The van der Waals surface area contributed by atoms with Crippen LogP contribution >= 0.6 is 0 Å². The number of hydrogen-bond donors (Lipinski definition) is 0. The average molecular weight is 1120 g/mol. The van der Waals surface area contributed by atoms with Crippen molar-refractivity contribution in [1.82, 2.24) is 18.3 Å². The van der Waals surface area contributed by atoms with Crippen molar-refractivity contribution in [3.05, 3.63) is 328 Å². The first-order valence-corrected chi connectivity index (χ1v) is 30.3. The first-order chi connectivity index (χ1) is 43.6. The minimum Gasteiger partial charge on any atom is -0.309 e. The van der Waals surface area contributed by atoms with Crippen molar-refractivity contribution in [2.45, 2.75) is 0 Å². The second-order valence-corrected chi connectivity index (χ2v) is 23.3. The molecule has 4 nitrogen and oxygen atoms in total. The van der Waals surface area contributed by atoms with Crippen LogP contribution in [0.4, 0.5) is 0 Å². The lowest BCUT2D eigenvalue weighted by molar-refractivity contribution is 1.16. The fraction of sp³-hybridized carbons (Fsp3) is 0. The van der Waals surface area contributed by atoms with Crippen LogP contribution in [0.15, 0.2) is 328 Å². The van der Waals surface area contributed by atoms with Gasteiger partial charge in [-0.2, -0.15) is 0 Å². The highest BCUT2D eigenvalue weighted by molar-refractivity contribution is 6.17. The molecule has 0 aliphatic carbocycles. The van der Waals surface area contributed by atoms with Crippen molar-refractivity contribution >= 4 is 87.2 Å². The van der Waals surface area contributed by atoms with E-state index in [9.17, 15) is 0 Å². The maximum absolute atomic E-state index is 2.48. The first kappa shape index (κ1) is 49.7. The Morgan fingerprint density at radius 2 is 0.307 bits per heavy atom. The van der Waals surface area contributed by atoms with Crippen LogP contribution in [0.5, 0.6) is 0 Å². The molecular weight excluding hydrogens is 1060 g/mol. The van der Waals surface area contributed by atoms with Gasteiger partial charge in [-0.1, -0.05) is 194 Å². The van der Waals surface area contributed by atoms with Gasteiger partial charge >= 0.3 is 0 Å². The minimum atomic E-state index is 1.12. The second kappa shape index (κ2) is 20.0. The molecule has 0 aliphatic heterocycles. The molecule has 0 saturated carbocycles. The average Bonchev–Trinajstić information content (AvgIpc) is 2.07. The largest absolute Gasteiger partial charge is 0.309 e. The van der Waals surface area contributed by atoms with Gasteiger partial charge in [-0.25, -0.2) is 0 Å². The zero-order valence-electron chi connectivity index (χ0n) is 48.0. The molecule has 0 bridgehead atoms. The molecule has 4 aromatic heterocycles. The fourth-order valence-electron chi connectivity index (χ4n) is 14.2. The lowest BCUT2D eigenvalue weighted by Crippen LogP contribution is -1.96. The molecule has 0 aliphatic rings. The van der Waals surface area contributed by atoms with Gasteiger partial charge in [0.05, 0.1) is 44.1 Å². The molecule has 18 aromatic rings. The normalized spacial score (nSPS) is 11.9. The Bertz CT molecular complexity index is 5400. The Morgan fingerprint density at radius 3 is 0.545 bits per heavy atom. The highest BCUT2D eigenvalue weighted by atomic mass is 15.0. The number of fused-ring (bicyclic) bond motifs is 12. The third-order valence-corrected chi connectivity index (χ3v) is 18.3. The molecule has 0 amide bonds. The Kier molecular flexibility index (Phi) is 11.3. The van der Waals surface area contributed by atoms with Crippen molar-refractivity contribution in [3.63, 3.8) is 0 Å². The molecule has 0 spiro atoms. The van der Waals surface area contributed by atoms with Gasteiger partial charge in [0.2, 0.25) is 0 Å². The molecule has 0 atom stereocenters. The van der Waals surface area contributed by atoms with Gasteiger partial charge in [0.15, 0.2) is 0 Å². The highest BCUT2D eigenvalue weighted by Gasteiger charge is 2.22. The predicted octanol–water partition coefficient (Wildman–Crippen LogP) is 22.4. The minimum absolute atomic E-state index is 1.12. The van der Waals surface area contributed by atoms with E-state index in [-0.39, 0.29) is 0 Å². The molecule has 0 saturated heterocycles. The van der Waals surface area contributed by atoms with Crippen LogP contribution in [0, 0.1) is 0 Å². The van der Waals surface area contributed by atoms with E-state index in [4.69, 9.17) is 0 Å². The van der Waals surface area contributed by atoms with Gasteiger partial charge in [-0.05, 0) is 189 Å². The van der Waals surface area contributed by atoms with Gasteiger partial charge in [-0.3, -0.25) is 0 Å². The van der Waals surface area contributed by atoms with Crippen molar-refractivity contribution in [2.24, 2.45) is 0 Å². The fourth-order valence-corrected chi connectivity index (χ4v) is 14.2. The van der Waals surface area contributed by atoms with Crippen LogP contribution in [0.1, 0.15) is 0 Å². The summed E-state index contributed by atoms with van der Waals surface area (Å²) in [6.07, 6.45) is 0. The third-order valence-electron chi connectivity index (χ3n) is 18.3. The predicted molar refractivity (Wildman–Crippen MR) is 371 cm³/mol. The van der Waals surface area contributed by atoms with Crippen molar-refractivity contribution in [1.29, 1.82) is 0 Å². The van der Waals surface area contributed by atoms with Crippen LogP contribution in [0.3, 0.4) is 0 Å². The van der Waals surface area contributed by atoms with E-state index in [0.29, 0.717) is 0 Å². The smallest absolute Gasteiger partial charge is 0.0542 e. The highest BCUT2D eigenvalue weighted by Crippen LogP contribution is 2.44. The summed E-state index contributed by atoms with van der Waals surface area (Å²) in [5, 5.41) is 9.69. The van der Waals surface area contributed by atoms with Crippen molar-refractivity contribution < 1.29 is 0 Å². The number of hydrogen-bond acceptors (Lipinski definition) is 0. The van der Waals surface area contributed by atoms with E-state index in [0.717, 1.165) is 55.9 Å². The molecule has 88 heavy (non-hydrogen) atoms. The summed E-state index contributed by atoms with van der Waals surface area (Å²) in [6.45, 7) is 0. The number of para-hydroxylation sites is 2. The molecule has 4 heteroatoms. The Hall–Kier alpha value is -11.7. The summed E-state index contributed by atoms with van der Waals surface area (Å²) < 4.78 is 9.79. The quantitative estimate of drug-likeness (QED) is 0.137. The van der Waals surface area contributed by atoms with Crippen molar-refractivity contribution in [2.75, 3.05) is 0 Å². The first-order valence-electron chi connectivity index (χ1n) is 30.3. The lowest BCUT2D eigenvalue weighted by atomic mass is 9.98. The molecule has 14 aromatic carbocycles. The van der Waals surface area contributed by atoms with E-state index in [1.807, 2.05) is 0 Å². The van der Waals surface area contributed by atoms with Gasteiger partial charge in [-0.15, -0.1) is 0 Å².